The first kappa shape index (κ1) is 15.8. The quantitative estimate of drug-likeness (QED) is 0.467. The van der Waals surface area contributed by atoms with Gasteiger partial charge in [0.2, 0.25) is 0 Å². The van der Waals surface area contributed by atoms with Crippen LogP contribution >= 0.6 is 0 Å². The van der Waals surface area contributed by atoms with Crippen LogP contribution in [0.4, 0.5) is 0 Å². The monoisotopic (exact) mass is 280 g/mol. The van der Waals surface area contributed by atoms with Crippen molar-refractivity contribution in [2.75, 3.05) is 51.6 Å². The third-order valence-electron chi connectivity index (χ3n) is 3.26. The Morgan fingerprint density at radius 3 is 1.94 bits per heavy atom. The molecule has 0 radical (unpaired) electrons. The van der Waals surface area contributed by atoms with E-state index in [1.54, 1.807) is 0 Å². The second-order valence-corrected chi connectivity index (χ2v) is 6.33. The lowest BCUT2D eigenvalue weighted by Crippen LogP contribution is -2.47. The summed E-state index contributed by atoms with van der Waals surface area (Å²) in [5.74, 6) is -0.128. The Labute approximate surface area is 109 Å². The number of β-amino-alcohol motifs (C(OH)–C–C–N with tert-alkyl or cyclic N) is 1. The summed E-state index contributed by atoms with van der Waals surface area (Å²) in [6.45, 7) is 5.96. The molecular formula is C11H24N2O4S. The topological polar surface area (TPSA) is 81.1 Å². The van der Waals surface area contributed by atoms with Crippen molar-refractivity contribution in [3.63, 3.8) is 0 Å². The van der Waals surface area contributed by atoms with Gasteiger partial charge >= 0.3 is 0 Å². The molecule has 1 aliphatic rings. The minimum absolute atomic E-state index is 0.128. The largest absolute Gasteiger partial charge is 0.395 e. The van der Waals surface area contributed by atoms with Crippen molar-refractivity contribution in [1.29, 1.82) is 0 Å². The van der Waals surface area contributed by atoms with Crippen molar-refractivity contribution in [3.8, 4) is 0 Å². The highest BCUT2D eigenvalue weighted by molar-refractivity contribution is 7.85. The van der Waals surface area contributed by atoms with Gasteiger partial charge in [0.05, 0.1) is 12.4 Å². The number of rotatable bonds is 8. The van der Waals surface area contributed by atoms with E-state index >= 15 is 0 Å². The van der Waals surface area contributed by atoms with Crippen LogP contribution in [0.15, 0.2) is 0 Å². The molecule has 1 saturated heterocycles. The van der Waals surface area contributed by atoms with Gasteiger partial charge in [-0.1, -0.05) is 6.42 Å². The molecule has 0 amide bonds. The maximum Gasteiger partial charge on any atom is 0.264 e. The molecule has 6 nitrogen and oxygen atoms in total. The molecule has 0 aromatic heterocycles. The molecule has 0 aromatic rings. The Morgan fingerprint density at radius 2 is 1.44 bits per heavy atom. The average molecular weight is 280 g/mol. The number of unbranched alkanes of at least 4 members (excludes halogenated alkanes) is 2. The maximum atomic E-state index is 10.5. The SMILES string of the molecule is O=S(=O)(O)CCCCCN1CCN(CCO)CC1. The predicted molar refractivity (Wildman–Crippen MR) is 70.2 cm³/mol. The number of nitrogens with zero attached hydrogens (tertiary/aromatic N) is 2. The van der Waals surface area contributed by atoms with Crippen LogP contribution in [-0.2, 0) is 10.1 Å². The number of aliphatic hydroxyl groups excluding tert-OH is 1. The fraction of sp³-hybridized carbons (Fsp3) is 1.00. The van der Waals surface area contributed by atoms with E-state index in [4.69, 9.17) is 9.66 Å². The highest BCUT2D eigenvalue weighted by Crippen LogP contribution is 2.05. The molecule has 0 aromatic carbocycles. The van der Waals surface area contributed by atoms with Crippen LogP contribution in [0.5, 0.6) is 0 Å². The molecular weight excluding hydrogens is 256 g/mol. The molecule has 0 aliphatic carbocycles. The summed E-state index contributed by atoms with van der Waals surface area (Å²) in [5.41, 5.74) is 0. The fourth-order valence-corrected chi connectivity index (χ4v) is 2.74. The van der Waals surface area contributed by atoms with Gasteiger partial charge in [0, 0.05) is 32.7 Å². The third-order valence-corrected chi connectivity index (χ3v) is 4.06. The molecule has 1 fully saturated rings. The minimum atomic E-state index is -3.79. The zero-order valence-corrected chi connectivity index (χ0v) is 11.6. The van der Waals surface area contributed by atoms with E-state index in [1.807, 2.05) is 0 Å². The van der Waals surface area contributed by atoms with Crippen LogP contribution < -0.4 is 0 Å². The van der Waals surface area contributed by atoms with E-state index < -0.39 is 10.1 Å². The van der Waals surface area contributed by atoms with Crippen LogP contribution in [0.25, 0.3) is 0 Å². The summed E-state index contributed by atoms with van der Waals surface area (Å²) in [7, 11) is -3.79. The van der Waals surface area contributed by atoms with Gasteiger partial charge < -0.3 is 10.0 Å². The second-order valence-electron chi connectivity index (χ2n) is 4.75. The summed E-state index contributed by atoms with van der Waals surface area (Å²) in [4.78, 5) is 4.61. The number of hydrogen-bond acceptors (Lipinski definition) is 5. The molecule has 0 saturated carbocycles. The zero-order valence-electron chi connectivity index (χ0n) is 10.8. The van der Waals surface area contributed by atoms with Crippen molar-refractivity contribution in [2.24, 2.45) is 0 Å². The van der Waals surface area contributed by atoms with Gasteiger partial charge in [-0.25, -0.2) is 0 Å². The lowest BCUT2D eigenvalue weighted by Gasteiger charge is -2.34. The summed E-state index contributed by atoms with van der Waals surface area (Å²) < 4.78 is 29.6. The van der Waals surface area contributed by atoms with E-state index in [2.05, 4.69) is 9.80 Å². The molecule has 0 bridgehead atoms. The smallest absolute Gasteiger partial charge is 0.264 e. The van der Waals surface area contributed by atoms with E-state index in [-0.39, 0.29) is 12.4 Å². The summed E-state index contributed by atoms with van der Waals surface area (Å²) in [6.07, 6.45) is 2.33. The highest BCUT2D eigenvalue weighted by Gasteiger charge is 2.15. The molecule has 1 rings (SSSR count). The molecule has 0 spiro atoms. The van der Waals surface area contributed by atoms with E-state index in [1.165, 1.54) is 0 Å². The Kier molecular flexibility index (Phi) is 7.10. The molecule has 7 heteroatoms. The van der Waals surface area contributed by atoms with Crippen molar-refractivity contribution in [3.05, 3.63) is 0 Å². The Balaban J connectivity index is 2.01. The Morgan fingerprint density at radius 1 is 0.889 bits per heavy atom. The van der Waals surface area contributed by atoms with Crippen molar-refractivity contribution >= 4 is 10.1 Å². The van der Waals surface area contributed by atoms with E-state index in [0.717, 1.165) is 52.1 Å². The first-order valence-corrected chi connectivity index (χ1v) is 8.13. The molecule has 0 atom stereocenters. The van der Waals surface area contributed by atoms with Gasteiger partial charge in [0.1, 0.15) is 0 Å². The number of piperazine rings is 1. The predicted octanol–water partition coefficient (Wildman–Crippen LogP) is -0.346. The number of aliphatic hydroxyl groups is 1. The molecule has 18 heavy (non-hydrogen) atoms. The van der Waals surface area contributed by atoms with Crippen LogP contribution in [0.1, 0.15) is 19.3 Å². The Bertz CT molecular complexity index is 313. The second kappa shape index (κ2) is 8.06. The van der Waals surface area contributed by atoms with Gasteiger partial charge in [0.15, 0.2) is 0 Å². The zero-order chi connectivity index (χ0) is 13.4. The van der Waals surface area contributed by atoms with Crippen molar-refractivity contribution < 1.29 is 18.1 Å². The molecule has 108 valence electrons. The lowest BCUT2D eigenvalue weighted by molar-refractivity contribution is 0.111. The fourth-order valence-electron chi connectivity index (χ4n) is 2.17. The van der Waals surface area contributed by atoms with Gasteiger partial charge in [0.25, 0.3) is 10.1 Å². The third kappa shape index (κ3) is 7.27. The van der Waals surface area contributed by atoms with E-state index in [9.17, 15) is 8.42 Å². The van der Waals surface area contributed by atoms with Crippen LogP contribution in [0.2, 0.25) is 0 Å². The molecule has 1 heterocycles. The Hall–Kier alpha value is -0.210. The maximum absolute atomic E-state index is 10.5. The van der Waals surface area contributed by atoms with Crippen LogP contribution in [0, 0.1) is 0 Å². The van der Waals surface area contributed by atoms with Gasteiger partial charge in [-0.05, 0) is 19.4 Å². The van der Waals surface area contributed by atoms with Crippen LogP contribution in [-0.4, -0.2) is 79.5 Å². The van der Waals surface area contributed by atoms with E-state index in [0.29, 0.717) is 6.42 Å². The van der Waals surface area contributed by atoms with Gasteiger partial charge in [-0.3, -0.25) is 9.45 Å². The summed E-state index contributed by atoms with van der Waals surface area (Å²) >= 11 is 0. The van der Waals surface area contributed by atoms with Crippen molar-refractivity contribution in [2.45, 2.75) is 19.3 Å². The normalized spacial score (nSPS) is 19.2. The van der Waals surface area contributed by atoms with Crippen molar-refractivity contribution in [1.82, 2.24) is 9.80 Å². The number of hydrogen-bond donors (Lipinski definition) is 2. The molecule has 0 unspecified atom stereocenters. The first-order valence-electron chi connectivity index (χ1n) is 6.52. The minimum Gasteiger partial charge on any atom is -0.395 e. The highest BCUT2D eigenvalue weighted by atomic mass is 32.2. The molecule has 2 N–H and O–H groups in total. The summed E-state index contributed by atoms with van der Waals surface area (Å²) in [6, 6.07) is 0. The summed E-state index contributed by atoms with van der Waals surface area (Å²) in [5, 5.41) is 8.83. The van der Waals surface area contributed by atoms with Gasteiger partial charge in [-0.15, -0.1) is 0 Å². The molecule has 1 aliphatic heterocycles. The lowest BCUT2D eigenvalue weighted by atomic mass is 10.2. The van der Waals surface area contributed by atoms with Crippen LogP contribution in [0.3, 0.4) is 0 Å². The van der Waals surface area contributed by atoms with Gasteiger partial charge in [-0.2, -0.15) is 8.42 Å². The average Bonchev–Trinajstić information content (AvgIpc) is 2.30. The standard InChI is InChI=1S/C11H24N2O4S/c14-10-9-13-7-5-12(6-8-13)4-2-1-3-11-18(15,16)17/h14H,1-11H2,(H,15,16,17). The first-order chi connectivity index (χ1) is 8.51.